The summed E-state index contributed by atoms with van der Waals surface area (Å²) in [5, 5.41) is 3.26. The lowest BCUT2D eigenvalue weighted by molar-refractivity contribution is 0.0707. The number of hydrogen-bond acceptors (Lipinski definition) is 4. The molecular weight excluding hydrogens is 244 g/mol. The van der Waals surface area contributed by atoms with E-state index in [4.69, 9.17) is 9.47 Å². The van der Waals surface area contributed by atoms with E-state index < -0.39 is 0 Å². The monoisotopic (exact) mass is 262 g/mol. The number of benzene rings is 1. The van der Waals surface area contributed by atoms with Crippen LogP contribution in [0.25, 0.3) is 0 Å². The van der Waals surface area contributed by atoms with E-state index in [1.807, 2.05) is 11.9 Å². The molecule has 102 valence electrons. The maximum absolute atomic E-state index is 12.4. The van der Waals surface area contributed by atoms with Gasteiger partial charge in [0.1, 0.15) is 0 Å². The molecule has 5 heteroatoms. The smallest absolute Gasteiger partial charge is 0.253 e. The molecular formula is C14H18N2O3. The highest BCUT2D eigenvalue weighted by atomic mass is 16.7. The van der Waals surface area contributed by atoms with E-state index in [1.54, 1.807) is 18.2 Å². The van der Waals surface area contributed by atoms with Gasteiger partial charge < -0.3 is 19.7 Å². The predicted octanol–water partition coefficient (Wildman–Crippen LogP) is 1.24. The van der Waals surface area contributed by atoms with Crippen molar-refractivity contribution in [1.82, 2.24) is 10.2 Å². The predicted molar refractivity (Wildman–Crippen MR) is 70.6 cm³/mol. The zero-order valence-electron chi connectivity index (χ0n) is 11.0. The van der Waals surface area contributed by atoms with E-state index in [2.05, 4.69) is 5.32 Å². The standard InChI is InChI=1S/C14H18N2O3/c1-15-11-4-6-16(7-5-11)14(17)10-2-3-12-13(8-10)19-9-18-12/h2-3,8,11,15H,4-7,9H2,1H3. The average Bonchev–Trinajstić information content (AvgIpc) is 2.94. The molecule has 0 atom stereocenters. The number of fused-ring (bicyclic) bond motifs is 1. The van der Waals surface area contributed by atoms with Crippen LogP contribution in [0.15, 0.2) is 18.2 Å². The lowest BCUT2D eigenvalue weighted by Crippen LogP contribution is -2.43. The molecule has 1 amide bonds. The summed E-state index contributed by atoms with van der Waals surface area (Å²) < 4.78 is 10.6. The van der Waals surface area contributed by atoms with Gasteiger partial charge in [0.15, 0.2) is 11.5 Å². The van der Waals surface area contributed by atoms with Gasteiger partial charge in [0.25, 0.3) is 5.91 Å². The van der Waals surface area contributed by atoms with Crippen LogP contribution in [0.3, 0.4) is 0 Å². The number of nitrogens with zero attached hydrogens (tertiary/aromatic N) is 1. The van der Waals surface area contributed by atoms with E-state index in [-0.39, 0.29) is 12.7 Å². The molecule has 19 heavy (non-hydrogen) atoms. The van der Waals surface area contributed by atoms with Crippen LogP contribution < -0.4 is 14.8 Å². The number of piperidine rings is 1. The number of carbonyl (C=O) groups excluding carboxylic acids is 1. The second-order valence-electron chi connectivity index (χ2n) is 4.92. The van der Waals surface area contributed by atoms with E-state index >= 15 is 0 Å². The average molecular weight is 262 g/mol. The summed E-state index contributed by atoms with van der Waals surface area (Å²) in [5.41, 5.74) is 0.673. The minimum Gasteiger partial charge on any atom is -0.454 e. The Hall–Kier alpha value is -1.75. The Morgan fingerprint density at radius 2 is 2.00 bits per heavy atom. The fraction of sp³-hybridized carbons (Fsp3) is 0.500. The van der Waals surface area contributed by atoms with Crippen LogP contribution in [0.2, 0.25) is 0 Å². The summed E-state index contributed by atoms with van der Waals surface area (Å²) in [4.78, 5) is 14.3. The van der Waals surface area contributed by atoms with Gasteiger partial charge in [-0.25, -0.2) is 0 Å². The number of carbonyl (C=O) groups is 1. The zero-order valence-corrected chi connectivity index (χ0v) is 11.0. The quantitative estimate of drug-likeness (QED) is 0.871. The van der Waals surface area contributed by atoms with Crippen molar-refractivity contribution in [3.63, 3.8) is 0 Å². The molecule has 2 aliphatic rings. The van der Waals surface area contributed by atoms with Crippen LogP contribution in [0, 0.1) is 0 Å². The van der Waals surface area contributed by atoms with Crippen molar-refractivity contribution in [3.05, 3.63) is 23.8 Å². The van der Waals surface area contributed by atoms with Gasteiger partial charge in [-0.15, -0.1) is 0 Å². The molecule has 5 nitrogen and oxygen atoms in total. The maximum Gasteiger partial charge on any atom is 0.253 e. The van der Waals surface area contributed by atoms with Crippen molar-refractivity contribution in [2.75, 3.05) is 26.9 Å². The number of nitrogens with one attached hydrogen (secondary N) is 1. The summed E-state index contributed by atoms with van der Waals surface area (Å²) in [6.45, 7) is 1.85. The van der Waals surface area contributed by atoms with Gasteiger partial charge in [-0.1, -0.05) is 0 Å². The normalized spacial score (nSPS) is 18.7. The van der Waals surface area contributed by atoms with Gasteiger partial charge >= 0.3 is 0 Å². The molecule has 0 radical (unpaired) electrons. The topological polar surface area (TPSA) is 50.8 Å². The summed E-state index contributed by atoms with van der Waals surface area (Å²) >= 11 is 0. The Balaban J connectivity index is 1.70. The number of rotatable bonds is 2. The number of hydrogen-bond donors (Lipinski definition) is 1. The second-order valence-corrected chi connectivity index (χ2v) is 4.92. The third-order valence-corrected chi connectivity index (χ3v) is 3.81. The summed E-state index contributed by atoms with van der Waals surface area (Å²) in [7, 11) is 1.97. The van der Waals surface area contributed by atoms with Crippen LogP contribution >= 0.6 is 0 Å². The first-order valence-corrected chi connectivity index (χ1v) is 6.64. The second kappa shape index (κ2) is 5.09. The SMILES string of the molecule is CNC1CCN(C(=O)c2ccc3c(c2)OCO3)CC1. The molecule has 0 saturated carbocycles. The van der Waals surface area contributed by atoms with Crippen molar-refractivity contribution in [3.8, 4) is 11.5 Å². The fourth-order valence-electron chi connectivity index (χ4n) is 2.58. The largest absolute Gasteiger partial charge is 0.454 e. The van der Waals surface area contributed by atoms with Crippen LogP contribution in [-0.4, -0.2) is 43.8 Å². The Morgan fingerprint density at radius 3 is 2.74 bits per heavy atom. The first kappa shape index (κ1) is 12.3. The molecule has 1 aromatic rings. The van der Waals surface area contributed by atoms with Gasteiger partial charge in [-0.05, 0) is 38.1 Å². The van der Waals surface area contributed by atoms with Crippen LogP contribution in [-0.2, 0) is 0 Å². The lowest BCUT2D eigenvalue weighted by atomic mass is 10.0. The van der Waals surface area contributed by atoms with Crippen molar-refractivity contribution in [1.29, 1.82) is 0 Å². The number of ether oxygens (including phenoxy) is 2. The highest BCUT2D eigenvalue weighted by Gasteiger charge is 2.24. The maximum atomic E-state index is 12.4. The molecule has 0 bridgehead atoms. The minimum absolute atomic E-state index is 0.0767. The number of likely N-dealkylation sites (tertiary alicyclic amines) is 1. The van der Waals surface area contributed by atoms with Crippen LogP contribution in [0.5, 0.6) is 11.5 Å². The Kier molecular flexibility index (Phi) is 3.29. The molecule has 0 spiro atoms. The molecule has 1 N–H and O–H groups in total. The molecule has 0 aliphatic carbocycles. The van der Waals surface area contributed by atoms with Crippen molar-refractivity contribution >= 4 is 5.91 Å². The van der Waals surface area contributed by atoms with Gasteiger partial charge in [-0.2, -0.15) is 0 Å². The van der Waals surface area contributed by atoms with Gasteiger partial charge in [0, 0.05) is 24.7 Å². The van der Waals surface area contributed by atoms with Crippen molar-refractivity contribution in [2.45, 2.75) is 18.9 Å². The molecule has 0 unspecified atom stereocenters. The summed E-state index contributed by atoms with van der Waals surface area (Å²) in [6, 6.07) is 5.91. The Bertz CT molecular complexity index is 482. The fourth-order valence-corrected chi connectivity index (χ4v) is 2.58. The Morgan fingerprint density at radius 1 is 1.26 bits per heavy atom. The number of amides is 1. The van der Waals surface area contributed by atoms with Crippen LogP contribution in [0.4, 0.5) is 0 Å². The van der Waals surface area contributed by atoms with Gasteiger partial charge in [-0.3, -0.25) is 4.79 Å². The minimum atomic E-state index is 0.0767. The summed E-state index contributed by atoms with van der Waals surface area (Å²) in [5.74, 6) is 1.45. The third kappa shape index (κ3) is 2.38. The first-order valence-electron chi connectivity index (χ1n) is 6.64. The van der Waals surface area contributed by atoms with Crippen LogP contribution in [0.1, 0.15) is 23.2 Å². The zero-order chi connectivity index (χ0) is 13.2. The summed E-state index contributed by atoms with van der Waals surface area (Å²) in [6.07, 6.45) is 2.01. The van der Waals surface area contributed by atoms with E-state index in [0.717, 1.165) is 25.9 Å². The third-order valence-electron chi connectivity index (χ3n) is 3.81. The van der Waals surface area contributed by atoms with Crippen molar-refractivity contribution in [2.24, 2.45) is 0 Å². The van der Waals surface area contributed by atoms with Gasteiger partial charge in [0.05, 0.1) is 0 Å². The highest BCUT2D eigenvalue weighted by Crippen LogP contribution is 2.33. The highest BCUT2D eigenvalue weighted by molar-refractivity contribution is 5.95. The van der Waals surface area contributed by atoms with Crippen molar-refractivity contribution < 1.29 is 14.3 Å². The molecule has 2 aliphatic heterocycles. The lowest BCUT2D eigenvalue weighted by Gasteiger charge is -2.31. The molecule has 1 fully saturated rings. The molecule has 2 heterocycles. The van der Waals surface area contributed by atoms with E-state index in [1.165, 1.54) is 0 Å². The molecule has 1 aromatic carbocycles. The molecule has 1 saturated heterocycles. The van der Waals surface area contributed by atoms with Gasteiger partial charge in [0.2, 0.25) is 6.79 Å². The molecule has 3 rings (SSSR count). The first-order chi connectivity index (χ1) is 9.28. The molecule has 0 aromatic heterocycles. The van der Waals surface area contributed by atoms with E-state index in [9.17, 15) is 4.79 Å². The van der Waals surface area contributed by atoms with E-state index in [0.29, 0.717) is 23.1 Å². The Labute approximate surface area is 112 Å².